The number of aromatic nitrogens is 1. The Morgan fingerprint density at radius 1 is 1.03 bits per heavy atom. The Kier molecular flexibility index (Phi) is 10.8. The van der Waals surface area contributed by atoms with Gasteiger partial charge >= 0.3 is 5.00 Å². The van der Waals surface area contributed by atoms with Crippen molar-refractivity contribution in [1.29, 1.82) is 0 Å². The van der Waals surface area contributed by atoms with Gasteiger partial charge in [0.25, 0.3) is 5.91 Å². The van der Waals surface area contributed by atoms with E-state index in [1.807, 2.05) is 0 Å². The highest BCUT2D eigenvalue weighted by atomic mass is 32.1. The van der Waals surface area contributed by atoms with Gasteiger partial charge in [-0.3, -0.25) is 25.0 Å². The summed E-state index contributed by atoms with van der Waals surface area (Å²) < 4.78 is 0. The van der Waals surface area contributed by atoms with E-state index in [1.165, 1.54) is 32.6 Å². The first-order chi connectivity index (χ1) is 15.4. The molecule has 0 fully saturated rings. The fourth-order valence-corrected chi connectivity index (χ4v) is 4.05. The van der Waals surface area contributed by atoms with E-state index in [2.05, 4.69) is 15.6 Å². The van der Waals surface area contributed by atoms with Gasteiger partial charge in [-0.15, -0.1) is 0 Å². The number of nitro groups is 1. The van der Waals surface area contributed by atoms with Crippen molar-refractivity contribution in [3.63, 3.8) is 0 Å². The third kappa shape index (κ3) is 8.35. The normalized spacial score (nSPS) is 10.7. The first-order valence-corrected chi connectivity index (χ1v) is 11.8. The van der Waals surface area contributed by atoms with Gasteiger partial charge in [0.05, 0.1) is 16.2 Å². The van der Waals surface area contributed by atoms with Crippen molar-refractivity contribution in [3.8, 4) is 0 Å². The molecule has 9 nitrogen and oxygen atoms in total. The number of carbonyl (C=O) groups is 2. The molecular formula is C22H31N5O4S. The Hall–Kier alpha value is -2.85. The number of amides is 2. The van der Waals surface area contributed by atoms with Crippen LogP contribution in [0.3, 0.4) is 0 Å². The van der Waals surface area contributed by atoms with Crippen LogP contribution in [0.25, 0.3) is 0 Å². The monoisotopic (exact) mass is 461 g/mol. The topological polar surface area (TPSA) is 140 Å². The Bertz CT molecular complexity index is 915. The standard InChI is InChI=1S/C22H31N5O4S/c1-16-21(27(30)31)32-22(24-16)26-20(29)17-12-9-10-13-18(17)25-19(28)14-8-6-4-2-3-5-7-11-15-23/h9-10,12-13H,2-8,11,14-15,23H2,1H3,(H,25,28)(H,24,26,29). The quantitative estimate of drug-likeness (QED) is 0.205. The highest BCUT2D eigenvalue weighted by Crippen LogP contribution is 2.30. The molecule has 1 aromatic carbocycles. The summed E-state index contributed by atoms with van der Waals surface area (Å²) in [4.78, 5) is 39.5. The Labute approximate surface area is 192 Å². The molecule has 32 heavy (non-hydrogen) atoms. The van der Waals surface area contributed by atoms with Crippen molar-refractivity contribution < 1.29 is 14.5 Å². The maximum atomic E-state index is 12.7. The highest BCUT2D eigenvalue weighted by Gasteiger charge is 2.20. The smallest absolute Gasteiger partial charge is 0.330 e. The molecule has 0 aliphatic rings. The molecule has 1 heterocycles. The number of hydrogen-bond acceptors (Lipinski definition) is 7. The summed E-state index contributed by atoms with van der Waals surface area (Å²) in [5, 5.41) is 16.4. The second-order valence-electron chi connectivity index (χ2n) is 7.58. The zero-order valence-corrected chi connectivity index (χ0v) is 19.2. The highest BCUT2D eigenvalue weighted by molar-refractivity contribution is 7.19. The summed E-state index contributed by atoms with van der Waals surface area (Å²) in [5.41, 5.74) is 6.40. The molecule has 0 saturated heterocycles. The average molecular weight is 462 g/mol. The predicted molar refractivity (Wildman–Crippen MR) is 127 cm³/mol. The lowest BCUT2D eigenvalue weighted by Gasteiger charge is -2.10. The molecular weight excluding hydrogens is 430 g/mol. The number of aryl methyl sites for hydroxylation is 1. The lowest BCUT2D eigenvalue weighted by Crippen LogP contribution is -2.18. The number of para-hydroxylation sites is 1. The van der Waals surface area contributed by atoms with E-state index in [0.29, 0.717) is 12.1 Å². The van der Waals surface area contributed by atoms with E-state index in [0.717, 1.165) is 43.6 Å². The van der Waals surface area contributed by atoms with Gasteiger partial charge in [-0.1, -0.05) is 50.7 Å². The molecule has 0 unspecified atom stereocenters. The van der Waals surface area contributed by atoms with Crippen LogP contribution in [0.5, 0.6) is 0 Å². The third-order valence-corrected chi connectivity index (χ3v) is 5.99. The number of benzene rings is 1. The van der Waals surface area contributed by atoms with Crippen LogP contribution in [0, 0.1) is 17.0 Å². The second kappa shape index (κ2) is 13.5. The maximum absolute atomic E-state index is 12.7. The molecule has 0 atom stereocenters. The van der Waals surface area contributed by atoms with Crippen molar-refractivity contribution >= 4 is 39.0 Å². The average Bonchev–Trinajstić information content (AvgIpc) is 3.13. The Morgan fingerprint density at radius 2 is 1.66 bits per heavy atom. The first kappa shape index (κ1) is 25.4. The van der Waals surface area contributed by atoms with E-state index in [9.17, 15) is 19.7 Å². The molecule has 0 aliphatic heterocycles. The molecule has 0 bridgehead atoms. The Morgan fingerprint density at radius 3 is 2.28 bits per heavy atom. The molecule has 2 amide bonds. The third-order valence-electron chi connectivity index (χ3n) is 4.96. The minimum atomic E-state index is -0.529. The van der Waals surface area contributed by atoms with Crippen LogP contribution in [0.1, 0.15) is 73.8 Å². The van der Waals surface area contributed by atoms with E-state index in [1.54, 1.807) is 24.3 Å². The van der Waals surface area contributed by atoms with Gasteiger partial charge in [-0.25, -0.2) is 4.98 Å². The van der Waals surface area contributed by atoms with Crippen molar-refractivity contribution in [2.24, 2.45) is 5.73 Å². The van der Waals surface area contributed by atoms with Crippen LogP contribution in [0.15, 0.2) is 24.3 Å². The lowest BCUT2D eigenvalue weighted by molar-refractivity contribution is -0.380. The predicted octanol–water partition coefficient (Wildman–Crippen LogP) is 5.02. The van der Waals surface area contributed by atoms with Crippen molar-refractivity contribution in [1.82, 2.24) is 4.98 Å². The number of unbranched alkanes of at least 4 members (excludes halogenated alkanes) is 7. The molecule has 0 saturated carbocycles. The van der Waals surface area contributed by atoms with Crippen LogP contribution in [-0.4, -0.2) is 28.3 Å². The summed E-state index contributed by atoms with van der Waals surface area (Å²) in [5.74, 6) is -0.631. The van der Waals surface area contributed by atoms with Crippen LogP contribution >= 0.6 is 11.3 Å². The Balaban J connectivity index is 1.81. The molecule has 0 aliphatic carbocycles. The van der Waals surface area contributed by atoms with Gasteiger partial charge in [-0.05, 0) is 49.8 Å². The molecule has 1 aromatic heterocycles. The molecule has 4 N–H and O–H groups in total. The van der Waals surface area contributed by atoms with Crippen LogP contribution in [0.4, 0.5) is 15.8 Å². The SMILES string of the molecule is Cc1nc(NC(=O)c2ccccc2NC(=O)CCCCCCCCCCN)sc1[N+](=O)[O-]. The minimum Gasteiger partial charge on any atom is -0.330 e. The number of anilines is 2. The van der Waals surface area contributed by atoms with Gasteiger partial charge in [0.15, 0.2) is 5.13 Å². The number of nitrogens with two attached hydrogens (primary N) is 1. The number of hydrogen-bond donors (Lipinski definition) is 3. The van der Waals surface area contributed by atoms with Crippen LogP contribution in [-0.2, 0) is 4.79 Å². The molecule has 174 valence electrons. The molecule has 2 rings (SSSR count). The molecule has 10 heteroatoms. The lowest BCUT2D eigenvalue weighted by atomic mass is 10.1. The van der Waals surface area contributed by atoms with E-state index < -0.39 is 10.8 Å². The van der Waals surface area contributed by atoms with Gasteiger partial charge in [-0.2, -0.15) is 0 Å². The number of nitrogens with one attached hydrogen (secondary N) is 2. The fraction of sp³-hybridized carbons (Fsp3) is 0.500. The number of carbonyl (C=O) groups excluding carboxylic acids is 2. The summed E-state index contributed by atoms with van der Waals surface area (Å²) in [6, 6.07) is 6.66. The van der Waals surface area contributed by atoms with E-state index in [4.69, 9.17) is 5.73 Å². The van der Waals surface area contributed by atoms with Crippen LogP contribution in [0.2, 0.25) is 0 Å². The summed E-state index contributed by atoms with van der Waals surface area (Å²) in [6.45, 7) is 2.27. The van der Waals surface area contributed by atoms with Gasteiger partial charge in [0.2, 0.25) is 5.91 Å². The largest absolute Gasteiger partial charge is 0.348 e. The minimum absolute atomic E-state index is 0.113. The maximum Gasteiger partial charge on any atom is 0.348 e. The van der Waals surface area contributed by atoms with Crippen molar-refractivity contribution in [2.45, 2.75) is 64.7 Å². The van der Waals surface area contributed by atoms with E-state index >= 15 is 0 Å². The molecule has 0 radical (unpaired) electrons. The summed E-state index contributed by atoms with van der Waals surface area (Å²) >= 11 is 0.798. The molecule has 0 spiro atoms. The van der Waals surface area contributed by atoms with E-state index in [-0.39, 0.29) is 27.3 Å². The number of rotatable bonds is 14. The zero-order chi connectivity index (χ0) is 23.3. The summed E-state index contributed by atoms with van der Waals surface area (Å²) in [6.07, 6.45) is 9.15. The summed E-state index contributed by atoms with van der Waals surface area (Å²) in [7, 11) is 0. The number of nitrogens with zero attached hydrogens (tertiary/aromatic N) is 2. The van der Waals surface area contributed by atoms with Gasteiger partial charge < -0.3 is 11.1 Å². The molecule has 2 aromatic rings. The van der Waals surface area contributed by atoms with Gasteiger partial charge in [0, 0.05) is 6.42 Å². The van der Waals surface area contributed by atoms with Crippen molar-refractivity contribution in [2.75, 3.05) is 17.2 Å². The fourth-order valence-electron chi connectivity index (χ4n) is 3.27. The number of thiazole rings is 1. The van der Waals surface area contributed by atoms with Crippen molar-refractivity contribution in [3.05, 3.63) is 45.6 Å². The second-order valence-corrected chi connectivity index (χ2v) is 8.56. The zero-order valence-electron chi connectivity index (χ0n) is 18.4. The first-order valence-electron chi connectivity index (χ1n) is 10.9. The van der Waals surface area contributed by atoms with Crippen LogP contribution < -0.4 is 16.4 Å². The van der Waals surface area contributed by atoms with Gasteiger partial charge in [0.1, 0.15) is 5.69 Å².